The Morgan fingerprint density at radius 1 is 1.31 bits per heavy atom. The fourth-order valence-corrected chi connectivity index (χ4v) is 3.70. The van der Waals surface area contributed by atoms with Crippen molar-refractivity contribution in [2.24, 2.45) is 0 Å². The first kappa shape index (κ1) is 10.3. The second-order valence-corrected chi connectivity index (χ2v) is 5.83. The van der Waals surface area contributed by atoms with Gasteiger partial charge in [-0.3, -0.25) is 0 Å². The lowest BCUT2D eigenvalue weighted by Crippen LogP contribution is -1.96. The predicted molar refractivity (Wildman–Crippen MR) is 68.4 cm³/mol. The lowest BCUT2D eigenvalue weighted by atomic mass is 10.0. The van der Waals surface area contributed by atoms with Crippen molar-refractivity contribution in [3.05, 3.63) is 51.0 Å². The number of alkyl halides is 1. The molecule has 1 aromatic heterocycles. The van der Waals surface area contributed by atoms with Crippen molar-refractivity contribution in [2.75, 3.05) is 0 Å². The van der Waals surface area contributed by atoms with Crippen LogP contribution >= 0.6 is 22.9 Å². The molecule has 0 saturated carbocycles. The lowest BCUT2D eigenvalue weighted by molar-refractivity contribution is 0.981. The number of aromatic nitrogens is 1. The predicted octanol–water partition coefficient (Wildman–Crippen LogP) is 3.88. The smallest absolute Gasteiger partial charge is 0.102 e. The molecule has 0 saturated heterocycles. The molecule has 0 aliphatic heterocycles. The standard InChI is InChI=1S/C13H12ClNS/c1-8-15-13-11(16-8)7-6-9-4-2-3-5-10(9)12(13)14/h2-5,12H,6-7H2,1H3. The van der Waals surface area contributed by atoms with Crippen LogP contribution in [-0.2, 0) is 12.8 Å². The third kappa shape index (κ3) is 1.57. The molecule has 3 rings (SSSR count). The first-order valence-corrected chi connectivity index (χ1v) is 6.69. The average molecular weight is 250 g/mol. The molecule has 1 aliphatic carbocycles. The number of hydrogen-bond donors (Lipinski definition) is 0. The van der Waals surface area contributed by atoms with Gasteiger partial charge in [0.05, 0.1) is 10.7 Å². The maximum atomic E-state index is 6.54. The molecule has 0 N–H and O–H groups in total. The van der Waals surface area contributed by atoms with Gasteiger partial charge < -0.3 is 0 Å². The fourth-order valence-electron chi connectivity index (χ4n) is 2.27. The van der Waals surface area contributed by atoms with E-state index in [1.807, 2.05) is 0 Å². The van der Waals surface area contributed by atoms with Gasteiger partial charge in [0.2, 0.25) is 0 Å². The van der Waals surface area contributed by atoms with E-state index in [1.165, 1.54) is 16.0 Å². The number of thiazole rings is 1. The number of nitrogens with zero attached hydrogens (tertiary/aromatic N) is 1. The zero-order valence-electron chi connectivity index (χ0n) is 9.03. The van der Waals surface area contributed by atoms with E-state index in [1.54, 1.807) is 11.3 Å². The van der Waals surface area contributed by atoms with Crippen LogP contribution in [0.5, 0.6) is 0 Å². The molecule has 1 aromatic carbocycles. The van der Waals surface area contributed by atoms with Gasteiger partial charge in [0.1, 0.15) is 5.38 Å². The van der Waals surface area contributed by atoms with E-state index in [0.29, 0.717) is 0 Å². The summed E-state index contributed by atoms with van der Waals surface area (Å²) in [5, 5.41) is 1.05. The van der Waals surface area contributed by atoms with Gasteiger partial charge in [-0.15, -0.1) is 22.9 Å². The first-order chi connectivity index (χ1) is 7.75. The maximum Gasteiger partial charge on any atom is 0.102 e. The number of rotatable bonds is 0. The highest BCUT2D eigenvalue weighted by Crippen LogP contribution is 2.38. The summed E-state index contributed by atoms with van der Waals surface area (Å²) in [6, 6.07) is 8.43. The van der Waals surface area contributed by atoms with Gasteiger partial charge in [-0.25, -0.2) is 4.98 Å². The molecule has 82 valence electrons. The molecular weight excluding hydrogens is 238 g/mol. The number of fused-ring (bicyclic) bond motifs is 2. The average Bonchev–Trinajstić information content (AvgIpc) is 2.62. The van der Waals surface area contributed by atoms with Gasteiger partial charge in [0.25, 0.3) is 0 Å². The van der Waals surface area contributed by atoms with Gasteiger partial charge >= 0.3 is 0 Å². The largest absolute Gasteiger partial charge is 0.244 e. The van der Waals surface area contributed by atoms with Gasteiger partial charge in [-0.05, 0) is 30.9 Å². The Kier molecular flexibility index (Phi) is 2.49. The zero-order chi connectivity index (χ0) is 11.1. The van der Waals surface area contributed by atoms with Crippen molar-refractivity contribution in [3.63, 3.8) is 0 Å². The molecule has 0 radical (unpaired) electrons. The zero-order valence-corrected chi connectivity index (χ0v) is 10.6. The highest BCUT2D eigenvalue weighted by Gasteiger charge is 2.24. The van der Waals surface area contributed by atoms with Crippen molar-refractivity contribution >= 4 is 22.9 Å². The summed E-state index contributed by atoms with van der Waals surface area (Å²) in [4.78, 5) is 5.93. The minimum Gasteiger partial charge on any atom is -0.244 e. The van der Waals surface area contributed by atoms with Crippen molar-refractivity contribution in [2.45, 2.75) is 25.1 Å². The van der Waals surface area contributed by atoms with Crippen LogP contribution in [0, 0.1) is 6.92 Å². The van der Waals surface area contributed by atoms with Crippen molar-refractivity contribution in [1.29, 1.82) is 0 Å². The summed E-state index contributed by atoms with van der Waals surface area (Å²) in [5.74, 6) is 0. The Morgan fingerprint density at radius 2 is 2.12 bits per heavy atom. The fraction of sp³-hybridized carbons (Fsp3) is 0.308. The molecule has 1 unspecified atom stereocenters. The van der Waals surface area contributed by atoms with Crippen molar-refractivity contribution < 1.29 is 0 Å². The highest BCUT2D eigenvalue weighted by atomic mass is 35.5. The molecule has 2 aromatic rings. The minimum atomic E-state index is -0.0707. The first-order valence-electron chi connectivity index (χ1n) is 5.44. The van der Waals surface area contributed by atoms with E-state index < -0.39 is 0 Å². The van der Waals surface area contributed by atoms with Gasteiger partial charge in [0.15, 0.2) is 0 Å². The molecule has 1 nitrogen and oxygen atoms in total. The lowest BCUT2D eigenvalue weighted by Gasteiger charge is -2.09. The van der Waals surface area contributed by atoms with E-state index in [2.05, 4.69) is 36.2 Å². The number of benzene rings is 1. The van der Waals surface area contributed by atoms with Crippen molar-refractivity contribution in [3.8, 4) is 0 Å². The molecule has 1 atom stereocenters. The summed E-state index contributed by atoms with van der Waals surface area (Å²) in [6.07, 6.45) is 2.15. The van der Waals surface area contributed by atoms with E-state index in [4.69, 9.17) is 11.6 Å². The van der Waals surface area contributed by atoms with Crippen LogP contribution in [0.3, 0.4) is 0 Å². The molecule has 0 fully saturated rings. The Morgan fingerprint density at radius 3 is 3.00 bits per heavy atom. The van der Waals surface area contributed by atoms with Crippen LogP contribution in [0.4, 0.5) is 0 Å². The highest BCUT2D eigenvalue weighted by molar-refractivity contribution is 7.11. The van der Waals surface area contributed by atoms with Crippen LogP contribution in [0.2, 0.25) is 0 Å². The summed E-state index contributed by atoms with van der Waals surface area (Å²) in [6.45, 7) is 2.05. The molecule has 1 aliphatic rings. The Labute approximate surface area is 104 Å². The van der Waals surface area contributed by atoms with Crippen LogP contribution in [0.15, 0.2) is 24.3 Å². The van der Waals surface area contributed by atoms with Crippen molar-refractivity contribution in [1.82, 2.24) is 4.98 Å². The molecular formula is C13H12ClNS. The van der Waals surface area contributed by atoms with Crippen LogP contribution in [-0.4, -0.2) is 4.98 Å². The quantitative estimate of drug-likeness (QED) is 0.646. The van der Waals surface area contributed by atoms with Crippen LogP contribution in [0.25, 0.3) is 0 Å². The van der Waals surface area contributed by atoms with E-state index >= 15 is 0 Å². The molecule has 0 bridgehead atoms. The van der Waals surface area contributed by atoms with Crippen LogP contribution in [0.1, 0.15) is 32.1 Å². The van der Waals surface area contributed by atoms with Gasteiger partial charge in [-0.1, -0.05) is 24.3 Å². The number of aryl methyl sites for hydroxylation is 3. The van der Waals surface area contributed by atoms with E-state index in [9.17, 15) is 0 Å². The topological polar surface area (TPSA) is 12.9 Å². The summed E-state index contributed by atoms with van der Waals surface area (Å²) in [7, 11) is 0. The molecule has 3 heteroatoms. The summed E-state index contributed by atoms with van der Waals surface area (Å²) < 4.78 is 0. The normalized spacial score (nSPS) is 18.8. The molecule has 0 amide bonds. The summed E-state index contributed by atoms with van der Waals surface area (Å²) >= 11 is 8.32. The Hall–Kier alpha value is -0.860. The monoisotopic (exact) mass is 249 g/mol. The molecule has 1 heterocycles. The van der Waals surface area contributed by atoms with E-state index in [-0.39, 0.29) is 5.38 Å². The third-order valence-corrected chi connectivity index (χ3v) is 4.51. The summed E-state index contributed by atoms with van der Waals surface area (Å²) in [5.41, 5.74) is 3.67. The number of halogens is 1. The van der Waals surface area contributed by atoms with Gasteiger partial charge in [-0.2, -0.15) is 0 Å². The second-order valence-electron chi connectivity index (χ2n) is 4.10. The molecule has 0 spiro atoms. The Bertz CT molecular complexity index is 532. The minimum absolute atomic E-state index is 0.0707. The molecule has 16 heavy (non-hydrogen) atoms. The van der Waals surface area contributed by atoms with Crippen LogP contribution < -0.4 is 0 Å². The SMILES string of the molecule is Cc1nc2c(s1)CCc1ccccc1C2Cl. The van der Waals surface area contributed by atoms with Gasteiger partial charge in [0, 0.05) is 4.88 Å². The number of hydrogen-bond acceptors (Lipinski definition) is 2. The maximum absolute atomic E-state index is 6.54. The second kappa shape index (κ2) is 3.86. The Balaban J connectivity index is 2.16. The third-order valence-electron chi connectivity index (χ3n) is 3.02. The van der Waals surface area contributed by atoms with E-state index in [0.717, 1.165) is 23.5 Å².